The molecule has 0 saturated carbocycles. The van der Waals surface area contributed by atoms with E-state index in [4.69, 9.17) is 11.6 Å². The summed E-state index contributed by atoms with van der Waals surface area (Å²) < 4.78 is 15.3. The van der Waals surface area contributed by atoms with Crippen molar-refractivity contribution >= 4 is 23.4 Å². The van der Waals surface area contributed by atoms with Gasteiger partial charge in [0.2, 0.25) is 0 Å². The summed E-state index contributed by atoms with van der Waals surface area (Å²) in [7, 11) is 1.91. The zero-order valence-electron chi connectivity index (χ0n) is 9.36. The first-order chi connectivity index (χ1) is 8.22. The minimum Gasteiger partial charge on any atom is -0.325 e. The summed E-state index contributed by atoms with van der Waals surface area (Å²) in [5.41, 5.74) is 1.65. The molecule has 0 fully saturated rings. The van der Waals surface area contributed by atoms with Gasteiger partial charge in [-0.15, -0.1) is 11.6 Å². The van der Waals surface area contributed by atoms with E-state index < -0.39 is 0 Å². The average molecular weight is 271 g/mol. The van der Waals surface area contributed by atoms with Gasteiger partial charge >= 0.3 is 0 Å². The van der Waals surface area contributed by atoms with Crippen LogP contribution < -0.4 is 0 Å². The molecule has 17 heavy (non-hydrogen) atoms. The Bertz CT molecular complexity index is 513. The van der Waals surface area contributed by atoms with Crippen LogP contribution in [0.1, 0.15) is 11.3 Å². The zero-order chi connectivity index (χ0) is 12.3. The fourth-order valence-corrected chi connectivity index (χ4v) is 2.65. The first-order valence-corrected chi connectivity index (χ1v) is 6.67. The molecule has 2 aromatic rings. The van der Waals surface area contributed by atoms with Crippen molar-refractivity contribution in [1.82, 2.24) is 9.55 Å². The summed E-state index contributed by atoms with van der Waals surface area (Å²) in [6, 6.07) is 6.78. The van der Waals surface area contributed by atoms with Gasteiger partial charge in [-0.25, -0.2) is 9.37 Å². The molecule has 0 aliphatic carbocycles. The number of rotatable bonds is 4. The van der Waals surface area contributed by atoms with Crippen molar-refractivity contribution in [3.63, 3.8) is 0 Å². The lowest BCUT2D eigenvalue weighted by Crippen LogP contribution is -1.96. The van der Waals surface area contributed by atoms with Crippen molar-refractivity contribution in [2.24, 2.45) is 7.05 Å². The average Bonchev–Trinajstić information content (AvgIpc) is 2.69. The molecule has 0 spiro atoms. The van der Waals surface area contributed by atoms with E-state index in [0.717, 1.165) is 10.9 Å². The Labute approximate surface area is 109 Å². The van der Waals surface area contributed by atoms with Crippen LogP contribution in [0, 0.1) is 5.82 Å². The molecule has 0 amide bonds. The van der Waals surface area contributed by atoms with E-state index in [9.17, 15) is 4.39 Å². The SMILES string of the molecule is Cn1c(CCl)cnc1SCc1ccccc1F. The number of hydrogen-bond donors (Lipinski definition) is 0. The summed E-state index contributed by atoms with van der Waals surface area (Å²) in [5, 5.41) is 0.851. The van der Waals surface area contributed by atoms with E-state index in [0.29, 0.717) is 17.2 Å². The minimum atomic E-state index is -0.174. The van der Waals surface area contributed by atoms with Crippen molar-refractivity contribution in [2.75, 3.05) is 0 Å². The van der Waals surface area contributed by atoms with Crippen LogP contribution in [0.25, 0.3) is 0 Å². The number of thioether (sulfide) groups is 1. The molecule has 2 nitrogen and oxygen atoms in total. The lowest BCUT2D eigenvalue weighted by molar-refractivity contribution is 0.617. The fraction of sp³-hybridized carbons (Fsp3) is 0.250. The van der Waals surface area contributed by atoms with Crippen LogP contribution >= 0.6 is 23.4 Å². The Morgan fingerprint density at radius 3 is 2.82 bits per heavy atom. The van der Waals surface area contributed by atoms with Crippen LogP contribution in [0.2, 0.25) is 0 Å². The molecule has 0 radical (unpaired) electrons. The molecule has 0 N–H and O–H groups in total. The van der Waals surface area contributed by atoms with Gasteiger partial charge in [0.15, 0.2) is 5.16 Å². The second kappa shape index (κ2) is 5.56. The predicted octanol–water partition coefficient (Wildman–Crippen LogP) is 3.59. The van der Waals surface area contributed by atoms with Gasteiger partial charge in [-0.3, -0.25) is 0 Å². The smallest absolute Gasteiger partial charge is 0.168 e. The number of imidazole rings is 1. The van der Waals surface area contributed by atoms with Gasteiger partial charge in [0.1, 0.15) is 5.82 Å². The normalized spacial score (nSPS) is 10.8. The number of aromatic nitrogens is 2. The van der Waals surface area contributed by atoms with Crippen LogP contribution in [-0.4, -0.2) is 9.55 Å². The molecule has 0 saturated heterocycles. The highest BCUT2D eigenvalue weighted by molar-refractivity contribution is 7.98. The molecule has 1 heterocycles. The topological polar surface area (TPSA) is 17.8 Å². The van der Waals surface area contributed by atoms with E-state index >= 15 is 0 Å². The molecular weight excluding hydrogens is 259 g/mol. The molecule has 2 rings (SSSR count). The standard InChI is InChI=1S/C12H12ClFN2S/c1-16-10(6-13)7-15-12(16)17-8-9-4-2-3-5-11(9)14/h2-5,7H,6,8H2,1H3. The van der Waals surface area contributed by atoms with Crippen molar-refractivity contribution < 1.29 is 4.39 Å². The Hall–Kier alpha value is -1.00. The number of hydrogen-bond acceptors (Lipinski definition) is 2. The second-order valence-corrected chi connectivity index (χ2v) is 4.81. The Morgan fingerprint density at radius 2 is 2.18 bits per heavy atom. The maximum atomic E-state index is 13.4. The summed E-state index contributed by atoms with van der Waals surface area (Å²) in [4.78, 5) is 4.25. The van der Waals surface area contributed by atoms with E-state index in [2.05, 4.69) is 4.98 Å². The molecule has 0 aliphatic heterocycles. The fourth-order valence-electron chi connectivity index (χ4n) is 1.44. The third-order valence-electron chi connectivity index (χ3n) is 2.49. The molecule has 5 heteroatoms. The lowest BCUT2D eigenvalue weighted by atomic mass is 10.2. The molecule has 1 aromatic carbocycles. The molecule has 90 valence electrons. The third kappa shape index (κ3) is 2.82. The Kier molecular flexibility index (Phi) is 4.07. The van der Waals surface area contributed by atoms with Crippen LogP contribution in [0.4, 0.5) is 4.39 Å². The van der Waals surface area contributed by atoms with Crippen molar-refractivity contribution in [2.45, 2.75) is 16.8 Å². The van der Waals surface area contributed by atoms with Crippen LogP contribution in [0.15, 0.2) is 35.6 Å². The quantitative estimate of drug-likeness (QED) is 0.624. The van der Waals surface area contributed by atoms with Crippen LogP contribution in [-0.2, 0) is 18.7 Å². The van der Waals surface area contributed by atoms with Crippen molar-refractivity contribution in [1.29, 1.82) is 0 Å². The van der Waals surface area contributed by atoms with Crippen LogP contribution in [0.3, 0.4) is 0 Å². The predicted molar refractivity (Wildman–Crippen MR) is 68.7 cm³/mol. The maximum Gasteiger partial charge on any atom is 0.168 e. The highest BCUT2D eigenvalue weighted by Crippen LogP contribution is 2.23. The Balaban J connectivity index is 2.07. The maximum absolute atomic E-state index is 13.4. The van der Waals surface area contributed by atoms with Gasteiger partial charge in [-0.1, -0.05) is 30.0 Å². The lowest BCUT2D eigenvalue weighted by Gasteiger charge is -2.04. The van der Waals surface area contributed by atoms with E-state index in [1.54, 1.807) is 18.3 Å². The van der Waals surface area contributed by atoms with Crippen LogP contribution in [0.5, 0.6) is 0 Å². The zero-order valence-corrected chi connectivity index (χ0v) is 10.9. The number of alkyl halides is 1. The number of halogens is 2. The molecule has 0 aliphatic rings. The molecule has 1 aromatic heterocycles. The first kappa shape index (κ1) is 12.5. The van der Waals surface area contributed by atoms with E-state index in [1.807, 2.05) is 17.7 Å². The first-order valence-electron chi connectivity index (χ1n) is 5.15. The van der Waals surface area contributed by atoms with Gasteiger partial charge in [0.25, 0.3) is 0 Å². The monoisotopic (exact) mass is 270 g/mol. The molecular formula is C12H12ClFN2S. The summed E-state index contributed by atoms with van der Waals surface area (Å²) >= 11 is 7.26. The summed E-state index contributed by atoms with van der Waals surface area (Å²) in [6.07, 6.45) is 1.75. The van der Waals surface area contributed by atoms with Gasteiger partial charge in [0.05, 0.1) is 17.8 Å². The van der Waals surface area contributed by atoms with Gasteiger partial charge < -0.3 is 4.57 Å². The van der Waals surface area contributed by atoms with Gasteiger partial charge in [0, 0.05) is 12.8 Å². The summed E-state index contributed by atoms with van der Waals surface area (Å²) in [5.74, 6) is 0.829. The third-order valence-corrected chi connectivity index (χ3v) is 3.86. The number of nitrogens with zero attached hydrogens (tertiary/aromatic N) is 2. The largest absolute Gasteiger partial charge is 0.325 e. The van der Waals surface area contributed by atoms with Gasteiger partial charge in [-0.2, -0.15) is 0 Å². The highest BCUT2D eigenvalue weighted by atomic mass is 35.5. The van der Waals surface area contributed by atoms with Gasteiger partial charge in [-0.05, 0) is 11.6 Å². The molecule has 0 unspecified atom stereocenters. The molecule has 0 bridgehead atoms. The van der Waals surface area contributed by atoms with E-state index in [-0.39, 0.29) is 5.82 Å². The minimum absolute atomic E-state index is 0.174. The molecule has 0 atom stereocenters. The second-order valence-electron chi connectivity index (χ2n) is 3.60. The van der Waals surface area contributed by atoms with Crippen molar-refractivity contribution in [3.8, 4) is 0 Å². The van der Waals surface area contributed by atoms with E-state index in [1.165, 1.54) is 17.8 Å². The number of benzene rings is 1. The Morgan fingerprint density at radius 1 is 1.41 bits per heavy atom. The summed E-state index contributed by atoms with van der Waals surface area (Å²) in [6.45, 7) is 0. The highest BCUT2D eigenvalue weighted by Gasteiger charge is 2.08. The van der Waals surface area contributed by atoms with Crippen molar-refractivity contribution in [3.05, 3.63) is 47.5 Å².